The molecule has 2 nitrogen and oxygen atoms in total. The van der Waals surface area contributed by atoms with Crippen molar-refractivity contribution in [1.29, 1.82) is 5.26 Å². The summed E-state index contributed by atoms with van der Waals surface area (Å²) in [5, 5.41) is 8.40. The van der Waals surface area contributed by atoms with Gasteiger partial charge in [0.15, 0.2) is 0 Å². The molecule has 0 aromatic rings. The zero-order valence-electron chi connectivity index (χ0n) is 8.75. The van der Waals surface area contributed by atoms with E-state index in [4.69, 9.17) is 5.26 Å². The van der Waals surface area contributed by atoms with Gasteiger partial charge in [0, 0.05) is 18.2 Å². The fourth-order valence-electron chi connectivity index (χ4n) is 1.73. The molecule has 1 heterocycles. The minimum absolute atomic E-state index is 0.273. The van der Waals surface area contributed by atoms with Crippen molar-refractivity contribution in [2.45, 2.75) is 32.7 Å². The van der Waals surface area contributed by atoms with Gasteiger partial charge >= 0.3 is 0 Å². The Kier molecular flexibility index (Phi) is 3.11. The Morgan fingerprint density at radius 2 is 2.15 bits per heavy atom. The highest BCUT2D eigenvalue weighted by Gasteiger charge is 2.28. The van der Waals surface area contributed by atoms with Crippen LogP contribution in [0.5, 0.6) is 0 Å². The Bertz CT molecular complexity index is 229. The summed E-state index contributed by atoms with van der Waals surface area (Å²) < 4.78 is 0. The number of rotatable bonds is 1. The lowest BCUT2D eigenvalue weighted by molar-refractivity contribution is 0.171. The van der Waals surface area contributed by atoms with E-state index in [1.165, 1.54) is 6.42 Å². The first-order valence-electron chi connectivity index (χ1n) is 4.85. The first-order valence-corrected chi connectivity index (χ1v) is 4.85. The molecule has 1 fully saturated rings. The van der Waals surface area contributed by atoms with Crippen LogP contribution in [0.25, 0.3) is 0 Å². The second kappa shape index (κ2) is 3.93. The van der Waals surface area contributed by atoms with Crippen LogP contribution in [0.1, 0.15) is 27.2 Å². The molecule has 0 saturated carbocycles. The number of hydrogen-bond donors (Lipinski definition) is 0. The first-order chi connectivity index (χ1) is 6.04. The maximum Gasteiger partial charge on any atom is 0.0908 e. The topological polar surface area (TPSA) is 27.0 Å². The summed E-state index contributed by atoms with van der Waals surface area (Å²) in [7, 11) is 0. The molecular formula is C11H18N2. The monoisotopic (exact) mass is 178 g/mol. The van der Waals surface area contributed by atoms with Crippen molar-refractivity contribution in [2.75, 3.05) is 13.1 Å². The van der Waals surface area contributed by atoms with E-state index in [9.17, 15) is 0 Å². The van der Waals surface area contributed by atoms with Gasteiger partial charge in [-0.1, -0.05) is 6.08 Å². The summed E-state index contributed by atoms with van der Waals surface area (Å²) in [5.74, 6) is 0.582. The maximum absolute atomic E-state index is 8.40. The van der Waals surface area contributed by atoms with Crippen molar-refractivity contribution >= 4 is 0 Å². The maximum atomic E-state index is 8.40. The quantitative estimate of drug-likeness (QED) is 0.575. The fraction of sp³-hybridized carbons (Fsp3) is 0.727. The van der Waals surface area contributed by atoms with E-state index in [2.05, 4.69) is 25.7 Å². The number of hydrogen-bond acceptors (Lipinski definition) is 2. The molecule has 0 aromatic heterocycles. The highest BCUT2D eigenvalue weighted by molar-refractivity contribution is 5.06. The molecule has 1 saturated heterocycles. The van der Waals surface area contributed by atoms with Crippen molar-refractivity contribution in [3.8, 4) is 6.07 Å². The molecule has 1 aliphatic heterocycles. The molecule has 0 amide bonds. The zero-order valence-corrected chi connectivity index (χ0v) is 8.75. The van der Waals surface area contributed by atoms with Crippen molar-refractivity contribution in [1.82, 2.24) is 4.90 Å². The minimum atomic E-state index is 0.273. The summed E-state index contributed by atoms with van der Waals surface area (Å²) >= 11 is 0. The average Bonchev–Trinajstić information content (AvgIpc) is 2.47. The summed E-state index contributed by atoms with van der Waals surface area (Å²) in [5.41, 5.74) is 0.273. The van der Waals surface area contributed by atoms with Gasteiger partial charge in [0.25, 0.3) is 0 Å². The zero-order chi connectivity index (χ0) is 9.90. The molecule has 1 aliphatic rings. The predicted octanol–water partition coefficient (Wildman–Crippen LogP) is 2.19. The average molecular weight is 178 g/mol. The summed E-state index contributed by atoms with van der Waals surface area (Å²) in [6, 6.07) is 2.05. The van der Waals surface area contributed by atoms with E-state index >= 15 is 0 Å². The second-order valence-corrected chi connectivity index (χ2v) is 4.65. The Balaban J connectivity index is 2.46. The molecule has 0 bridgehead atoms. The minimum Gasteiger partial charge on any atom is -0.298 e. The van der Waals surface area contributed by atoms with E-state index in [0.717, 1.165) is 13.1 Å². The van der Waals surface area contributed by atoms with Crippen molar-refractivity contribution in [3.63, 3.8) is 0 Å². The van der Waals surface area contributed by atoms with E-state index in [1.807, 2.05) is 12.1 Å². The van der Waals surface area contributed by atoms with Gasteiger partial charge in [0.1, 0.15) is 0 Å². The Morgan fingerprint density at radius 3 is 2.62 bits per heavy atom. The van der Waals surface area contributed by atoms with Crippen molar-refractivity contribution in [3.05, 3.63) is 12.2 Å². The fourth-order valence-corrected chi connectivity index (χ4v) is 1.73. The molecule has 0 aliphatic carbocycles. The third-order valence-corrected chi connectivity index (χ3v) is 2.62. The molecule has 0 aromatic carbocycles. The Morgan fingerprint density at radius 1 is 1.46 bits per heavy atom. The van der Waals surface area contributed by atoms with Crippen LogP contribution < -0.4 is 0 Å². The van der Waals surface area contributed by atoms with Crippen molar-refractivity contribution in [2.24, 2.45) is 5.92 Å². The van der Waals surface area contributed by atoms with Gasteiger partial charge in [-0.05, 0) is 39.7 Å². The molecular weight excluding hydrogens is 160 g/mol. The van der Waals surface area contributed by atoms with Gasteiger partial charge < -0.3 is 0 Å². The predicted molar refractivity (Wildman–Crippen MR) is 54.2 cm³/mol. The SMILES string of the molecule is CC(C)(C)N1CCC(C=CC#N)C1. The molecule has 1 unspecified atom stereocenters. The van der Waals surface area contributed by atoms with Gasteiger partial charge in [-0.2, -0.15) is 5.26 Å². The van der Waals surface area contributed by atoms with Crippen LogP contribution in [0.2, 0.25) is 0 Å². The van der Waals surface area contributed by atoms with Crippen LogP contribution in [-0.4, -0.2) is 23.5 Å². The molecule has 72 valence electrons. The first kappa shape index (κ1) is 10.3. The van der Waals surface area contributed by atoms with Gasteiger partial charge in [0.05, 0.1) is 6.07 Å². The highest BCUT2D eigenvalue weighted by atomic mass is 15.2. The highest BCUT2D eigenvalue weighted by Crippen LogP contribution is 2.24. The van der Waals surface area contributed by atoms with Crippen LogP contribution in [0, 0.1) is 17.2 Å². The van der Waals surface area contributed by atoms with Crippen LogP contribution in [0.3, 0.4) is 0 Å². The second-order valence-electron chi connectivity index (χ2n) is 4.65. The smallest absolute Gasteiger partial charge is 0.0908 e. The van der Waals surface area contributed by atoms with Gasteiger partial charge in [-0.3, -0.25) is 4.90 Å². The molecule has 0 N–H and O–H groups in total. The van der Waals surface area contributed by atoms with E-state index in [1.54, 1.807) is 6.08 Å². The standard InChI is InChI=1S/C11H18N2/c1-11(2,3)13-8-6-10(9-13)5-4-7-12/h4-5,10H,6,8-9H2,1-3H3. The Hall–Kier alpha value is -0.810. The summed E-state index contributed by atoms with van der Waals surface area (Å²) in [6.45, 7) is 8.97. The largest absolute Gasteiger partial charge is 0.298 e. The normalized spacial score (nSPS) is 25.2. The van der Waals surface area contributed by atoms with Crippen molar-refractivity contribution < 1.29 is 0 Å². The number of nitriles is 1. The van der Waals surface area contributed by atoms with Crippen LogP contribution in [0.15, 0.2) is 12.2 Å². The molecule has 0 radical (unpaired) electrons. The van der Waals surface area contributed by atoms with Gasteiger partial charge in [-0.15, -0.1) is 0 Å². The molecule has 1 rings (SSSR count). The molecule has 2 heteroatoms. The number of likely N-dealkylation sites (tertiary alicyclic amines) is 1. The lowest BCUT2D eigenvalue weighted by Gasteiger charge is -2.31. The summed E-state index contributed by atoms with van der Waals surface area (Å²) in [4.78, 5) is 2.47. The molecule has 0 spiro atoms. The number of allylic oxidation sites excluding steroid dienone is 1. The van der Waals surface area contributed by atoms with E-state index in [-0.39, 0.29) is 5.54 Å². The number of nitrogens with zero attached hydrogens (tertiary/aromatic N) is 2. The molecule has 13 heavy (non-hydrogen) atoms. The van der Waals surface area contributed by atoms with Crippen LogP contribution in [0.4, 0.5) is 0 Å². The van der Waals surface area contributed by atoms with Crippen LogP contribution >= 0.6 is 0 Å². The molecule has 1 atom stereocenters. The third kappa shape index (κ3) is 2.86. The Labute approximate surface area is 80.8 Å². The van der Waals surface area contributed by atoms with E-state index in [0.29, 0.717) is 5.92 Å². The lowest BCUT2D eigenvalue weighted by Crippen LogP contribution is -2.39. The van der Waals surface area contributed by atoms with Gasteiger partial charge in [-0.25, -0.2) is 0 Å². The third-order valence-electron chi connectivity index (χ3n) is 2.62. The lowest BCUT2D eigenvalue weighted by atomic mass is 10.1. The van der Waals surface area contributed by atoms with E-state index < -0.39 is 0 Å². The van der Waals surface area contributed by atoms with Crippen LogP contribution in [-0.2, 0) is 0 Å². The van der Waals surface area contributed by atoms with Gasteiger partial charge in [0.2, 0.25) is 0 Å². The summed E-state index contributed by atoms with van der Waals surface area (Å²) in [6.07, 6.45) is 4.83.